The smallest absolute Gasteiger partial charge is 0.331 e. The molecule has 0 aliphatic rings. The monoisotopic (exact) mass is 429 g/mol. The van der Waals surface area contributed by atoms with Crippen molar-refractivity contribution in [2.75, 3.05) is 13.7 Å². The quantitative estimate of drug-likeness (QED) is 0.471. The van der Waals surface area contributed by atoms with Gasteiger partial charge in [-0.25, -0.2) is 4.79 Å². The molecule has 0 aliphatic carbocycles. The van der Waals surface area contributed by atoms with Crippen LogP contribution in [0.15, 0.2) is 54.6 Å². The molecule has 0 saturated carbocycles. The number of carbonyl (C=O) groups excluding carboxylic acids is 3. The van der Waals surface area contributed by atoms with Crippen molar-refractivity contribution in [2.45, 2.75) is 0 Å². The topological polar surface area (TPSA) is 81.7 Å². The normalized spacial score (nSPS) is 10.8. The molecule has 29 heavy (non-hydrogen) atoms. The van der Waals surface area contributed by atoms with Crippen LogP contribution in [-0.4, -0.2) is 31.5 Å². The third-order valence-electron chi connectivity index (χ3n) is 3.88. The van der Waals surface area contributed by atoms with Gasteiger partial charge in [0.05, 0.1) is 12.1 Å². The lowest BCUT2D eigenvalue weighted by molar-refractivity contribution is -0.143. The molecule has 0 fully saturated rings. The lowest BCUT2D eigenvalue weighted by Crippen LogP contribution is -2.34. The number of nitrogens with one attached hydrogen (secondary N) is 1. The van der Waals surface area contributed by atoms with Gasteiger partial charge in [-0.3, -0.25) is 14.9 Å². The van der Waals surface area contributed by atoms with Gasteiger partial charge >= 0.3 is 5.97 Å². The molecule has 1 heterocycles. The fourth-order valence-electron chi connectivity index (χ4n) is 2.45. The molecule has 0 unspecified atom stereocenters. The highest BCUT2D eigenvalue weighted by Crippen LogP contribution is 2.35. The molecule has 1 N–H and O–H groups in total. The number of imide groups is 1. The first kappa shape index (κ1) is 20.6. The largest absolute Gasteiger partial charge is 0.497 e. The molecule has 1 aromatic heterocycles. The van der Waals surface area contributed by atoms with Crippen LogP contribution in [0.4, 0.5) is 0 Å². The molecule has 0 spiro atoms. The predicted octanol–water partition coefficient (Wildman–Crippen LogP) is 4.08. The maximum absolute atomic E-state index is 12.0. The maximum Gasteiger partial charge on any atom is 0.331 e. The van der Waals surface area contributed by atoms with Crippen molar-refractivity contribution in [3.05, 3.63) is 70.1 Å². The Hall–Kier alpha value is -3.16. The second-order valence-electron chi connectivity index (χ2n) is 5.82. The van der Waals surface area contributed by atoms with Crippen molar-refractivity contribution in [1.29, 1.82) is 0 Å². The molecule has 0 aliphatic heterocycles. The Labute approximate surface area is 175 Å². The second kappa shape index (κ2) is 9.36. The minimum Gasteiger partial charge on any atom is -0.497 e. The van der Waals surface area contributed by atoms with E-state index in [9.17, 15) is 14.4 Å². The lowest BCUT2D eigenvalue weighted by atomic mass is 10.2. The predicted molar refractivity (Wildman–Crippen MR) is 112 cm³/mol. The Morgan fingerprint density at radius 1 is 1.10 bits per heavy atom. The van der Waals surface area contributed by atoms with E-state index in [0.717, 1.165) is 10.1 Å². The van der Waals surface area contributed by atoms with Crippen LogP contribution in [0, 0.1) is 0 Å². The fourth-order valence-corrected chi connectivity index (χ4v) is 3.84. The van der Waals surface area contributed by atoms with Crippen molar-refractivity contribution >= 4 is 56.9 Å². The third-order valence-corrected chi connectivity index (χ3v) is 5.54. The van der Waals surface area contributed by atoms with E-state index >= 15 is 0 Å². The Bertz CT molecular complexity index is 1090. The number of carbonyl (C=O) groups is 3. The molecule has 0 atom stereocenters. The first-order valence-electron chi connectivity index (χ1n) is 8.48. The van der Waals surface area contributed by atoms with Gasteiger partial charge < -0.3 is 9.47 Å². The number of fused-ring (bicyclic) bond motifs is 1. The van der Waals surface area contributed by atoms with Gasteiger partial charge in [0, 0.05) is 26.6 Å². The number of thiophene rings is 1. The van der Waals surface area contributed by atoms with Crippen molar-refractivity contribution in [2.24, 2.45) is 0 Å². The zero-order valence-electron chi connectivity index (χ0n) is 15.3. The minimum absolute atomic E-state index is 0.282. The summed E-state index contributed by atoms with van der Waals surface area (Å²) in [5.41, 5.74) is 0.282. The highest BCUT2D eigenvalue weighted by Gasteiger charge is 2.12. The SMILES string of the molecule is COc1ccc(C(=O)NC(=O)COC(=O)/C=C/c2sc3ccccc3c2Cl)cc1. The fraction of sp³-hybridized carbons (Fsp3) is 0.0952. The molecule has 0 saturated heterocycles. The average Bonchev–Trinajstić information content (AvgIpc) is 3.06. The van der Waals surface area contributed by atoms with E-state index in [4.69, 9.17) is 21.1 Å². The van der Waals surface area contributed by atoms with Gasteiger partial charge in [-0.2, -0.15) is 0 Å². The van der Waals surface area contributed by atoms with Crippen molar-refractivity contribution in [1.82, 2.24) is 5.32 Å². The third kappa shape index (κ3) is 5.22. The van der Waals surface area contributed by atoms with Gasteiger partial charge in [0.15, 0.2) is 6.61 Å². The summed E-state index contributed by atoms with van der Waals surface area (Å²) in [5, 5.41) is 3.61. The molecule has 6 nitrogen and oxygen atoms in total. The summed E-state index contributed by atoms with van der Waals surface area (Å²) in [6.45, 7) is -0.578. The number of benzene rings is 2. The molecule has 8 heteroatoms. The summed E-state index contributed by atoms with van der Waals surface area (Å²) in [6, 6.07) is 13.9. The van der Waals surface area contributed by atoms with Crippen LogP contribution in [0.2, 0.25) is 5.02 Å². The van der Waals surface area contributed by atoms with Gasteiger partial charge in [0.25, 0.3) is 11.8 Å². The lowest BCUT2D eigenvalue weighted by Gasteiger charge is -2.05. The van der Waals surface area contributed by atoms with E-state index in [1.165, 1.54) is 42.7 Å². The van der Waals surface area contributed by atoms with Crippen LogP contribution < -0.4 is 10.1 Å². The summed E-state index contributed by atoms with van der Waals surface area (Å²) >= 11 is 7.74. The molecule has 3 aromatic rings. The van der Waals surface area contributed by atoms with Gasteiger partial charge in [0.2, 0.25) is 0 Å². The highest BCUT2D eigenvalue weighted by atomic mass is 35.5. The van der Waals surface area contributed by atoms with Gasteiger partial charge in [0.1, 0.15) is 5.75 Å². The van der Waals surface area contributed by atoms with E-state index in [1.807, 2.05) is 24.3 Å². The van der Waals surface area contributed by atoms with Gasteiger partial charge in [-0.05, 0) is 36.4 Å². The Morgan fingerprint density at radius 3 is 2.52 bits per heavy atom. The van der Waals surface area contributed by atoms with Crippen LogP contribution in [-0.2, 0) is 14.3 Å². The number of amides is 2. The number of hydrogen-bond donors (Lipinski definition) is 1. The van der Waals surface area contributed by atoms with Crippen LogP contribution in [0.5, 0.6) is 5.75 Å². The minimum atomic E-state index is -0.729. The summed E-state index contributed by atoms with van der Waals surface area (Å²) in [7, 11) is 1.51. The number of esters is 1. The molecule has 2 amide bonds. The zero-order chi connectivity index (χ0) is 20.8. The number of ether oxygens (including phenoxy) is 2. The number of rotatable bonds is 6. The average molecular weight is 430 g/mol. The standard InChI is InChI=1S/C21H16ClNO5S/c1-27-14-8-6-13(7-9-14)21(26)23-18(24)12-28-19(25)11-10-17-20(22)15-4-2-3-5-16(15)29-17/h2-11H,12H2,1H3,(H,23,24,26)/b11-10+. The first-order valence-corrected chi connectivity index (χ1v) is 9.67. The van der Waals surface area contributed by atoms with Crippen LogP contribution in [0.1, 0.15) is 15.2 Å². The van der Waals surface area contributed by atoms with Gasteiger partial charge in [-0.1, -0.05) is 29.8 Å². The van der Waals surface area contributed by atoms with Crippen molar-refractivity contribution < 1.29 is 23.9 Å². The summed E-state index contributed by atoms with van der Waals surface area (Å²) in [4.78, 5) is 36.4. The van der Waals surface area contributed by atoms with E-state index in [0.29, 0.717) is 15.6 Å². The number of methoxy groups -OCH3 is 1. The summed E-state index contributed by atoms with van der Waals surface area (Å²) in [5.74, 6) is -1.45. The molecule has 0 bridgehead atoms. The zero-order valence-corrected chi connectivity index (χ0v) is 16.9. The summed E-state index contributed by atoms with van der Waals surface area (Å²) < 4.78 is 10.9. The van der Waals surface area contributed by atoms with E-state index in [2.05, 4.69) is 5.32 Å². The maximum atomic E-state index is 12.0. The Kier molecular flexibility index (Phi) is 6.64. The summed E-state index contributed by atoms with van der Waals surface area (Å²) in [6.07, 6.45) is 2.73. The molecule has 0 radical (unpaired) electrons. The van der Waals surface area contributed by atoms with Crippen molar-refractivity contribution in [3.63, 3.8) is 0 Å². The van der Waals surface area contributed by atoms with Crippen LogP contribution >= 0.6 is 22.9 Å². The Morgan fingerprint density at radius 2 is 1.83 bits per heavy atom. The van der Waals surface area contributed by atoms with Crippen molar-refractivity contribution in [3.8, 4) is 5.75 Å². The highest BCUT2D eigenvalue weighted by molar-refractivity contribution is 7.20. The van der Waals surface area contributed by atoms with Crippen LogP contribution in [0.25, 0.3) is 16.2 Å². The molecular formula is C21H16ClNO5S. The molecule has 3 rings (SSSR count). The second-order valence-corrected chi connectivity index (χ2v) is 7.29. The molecule has 148 valence electrons. The number of halogens is 1. The Balaban J connectivity index is 1.51. The van der Waals surface area contributed by atoms with Gasteiger partial charge in [-0.15, -0.1) is 11.3 Å². The molecular weight excluding hydrogens is 414 g/mol. The van der Waals surface area contributed by atoms with E-state index < -0.39 is 24.4 Å². The van der Waals surface area contributed by atoms with E-state index in [-0.39, 0.29) is 5.56 Å². The molecule has 2 aromatic carbocycles. The number of hydrogen-bond acceptors (Lipinski definition) is 6. The van der Waals surface area contributed by atoms with Crippen LogP contribution in [0.3, 0.4) is 0 Å². The first-order chi connectivity index (χ1) is 14.0. The van der Waals surface area contributed by atoms with E-state index in [1.54, 1.807) is 12.1 Å².